The number of nitro benzene ring substituents is 2. The molecule has 0 atom stereocenters. The number of non-ortho nitro benzene ring substituents is 1. The molecule has 0 amide bonds. The lowest BCUT2D eigenvalue weighted by atomic mass is 10.1. The predicted octanol–water partition coefficient (Wildman–Crippen LogP) is 2.12. The predicted molar refractivity (Wildman–Crippen MR) is 69.4 cm³/mol. The van der Waals surface area contributed by atoms with Crippen molar-refractivity contribution in [2.45, 2.75) is 0 Å². The van der Waals surface area contributed by atoms with Crippen LogP contribution in [0.3, 0.4) is 0 Å². The molecule has 0 saturated carbocycles. The van der Waals surface area contributed by atoms with Crippen LogP contribution in [0.2, 0.25) is 0 Å². The number of hydrogen-bond acceptors (Lipinski definition) is 6. The second kappa shape index (κ2) is 4.48. The molecule has 1 aromatic heterocycles. The number of anilines is 1. The molecule has 0 unspecified atom stereocenters. The Labute approximate surface area is 107 Å². The molecule has 0 bridgehead atoms. The Bertz CT molecular complexity index is 684. The van der Waals surface area contributed by atoms with E-state index in [1.807, 2.05) is 0 Å². The van der Waals surface area contributed by atoms with Gasteiger partial charge in [-0.3, -0.25) is 25.2 Å². The van der Waals surface area contributed by atoms with Crippen molar-refractivity contribution in [3.05, 3.63) is 44.6 Å². The summed E-state index contributed by atoms with van der Waals surface area (Å²) < 4.78 is 0. The van der Waals surface area contributed by atoms with Gasteiger partial charge in [-0.25, -0.2) is 0 Å². The number of fused-ring (bicyclic) bond motifs is 1. The second-order valence-electron chi connectivity index (χ2n) is 4.07. The Hall–Kier alpha value is -2.77. The van der Waals surface area contributed by atoms with E-state index in [4.69, 9.17) is 0 Å². The Morgan fingerprint density at radius 3 is 2.32 bits per heavy atom. The van der Waals surface area contributed by atoms with Crippen molar-refractivity contribution in [3.63, 3.8) is 0 Å². The third kappa shape index (κ3) is 2.03. The molecule has 0 fully saturated rings. The summed E-state index contributed by atoms with van der Waals surface area (Å²) in [5.41, 5.74) is -0.150. The highest BCUT2D eigenvalue weighted by atomic mass is 16.6. The number of rotatable bonds is 3. The average Bonchev–Trinajstić information content (AvgIpc) is 2.35. The van der Waals surface area contributed by atoms with Crippen molar-refractivity contribution in [2.24, 2.45) is 0 Å². The zero-order chi connectivity index (χ0) is 14.2. The highest BCUT2D eigenvalue weighted by Crippen LogP contribution is 2.39. The fourth-order valence-corrected chi connectivity index (χ4v) is 1.93. The van der Waals surface area contributed by atoms with Gasteiger partial charge in [-0.1, -0.05) is 0 Å². The SMILES string of the molecule is CN(C)c1c([N+](=O)[O-])cc([N+](=O)[O-])c2cccnc12. The summed E-state index contributed by atoms with van der Waals surface area (Å²) >= 11 is 0. The van der Waals surface area contributed by atoms with Crippen LogP contribution in [-0.4, -0.2) is 28.9 Å². The largest absolute Gasteiger partial charge is 0.370 e. The van der Waals surface area contributed by atoms with Crippen molar-refractivity contribution in [3.8, 4) is 0 Å². The lowest BCUT2D eigenvalue weighted by Crippen LogP contribution is -2.12. The number of nitro groups is 2. The standard InChI is InChI=1S/C11H10N4O4/c1-13(2)11-9(15(18)19)6-8(14(16)17)7-4-3-5-12-10(7)11/h3-6H,1-2H3. The van der Waals surface area contributed by atoms with Gasteiger partial charge in [0.25, 0.3) is 5.69 Å². The van der Waals surface area contributed by atoms with E-state index in [0.29, 0.717) is 0 Å². The molecular formula is C11H10N4O4. The minimum absolute atomic E-state index is 0.244. The third-order valence-corrected chi connectivity index (χ3v) is 2.66. The molecule has 0 saturated heterocycles. The zero-order valence-electron chi connectivity index (χ0n) is 10.2. The van der Waals surface area contributed by atoms with Gasteiger partial charge in [0.1, 0.15) is 11.2 Å². The van der Waals surface area contributed by atoms with E-state index in [0.717, 1.165) is 6.07 Å². The van der Waals surface area contributed by atoms with Gasteiger partial charge in [0.2, 0.25) is 0 Å². The van der Waals surface area contributed by atoms with Gasteiger partial charge in [0.15, 0.2) is 0 Å². The molecule has 19 heavy (non-hydrogen) atoms. The summed E-state index contributed by atoms with van der Waals surface area (Å²) in [7, 11) is 3.25. The summed E-state index contributed by atoms with van der Waals surface area (Å²) in [4.78, 5) is 26.4. The molecule has 8 heteroatoms. The van der Waals surface area contributed by atoms with E-state index >= 15 is 0 Å². The van der Waals surface area contributed by atoms with Crippen LogP contribution in [0.1, 0.15) is 0 Å². The molecule has 1 heterocycles. The monoisotopic (exact) mass is 262 g/mol. The van der Waals surface area contributed by atoms with E-state index in [1.54, 1.807) is 20.2 Å². The molecule has 2 rings (SSSR count). The molecule has 0 aliphatic heterocycles. The molecular weight excluding hydrogens is 252 g/mol. The van der Waals surface area contributed by atoms with Gasteiger partial charge in [-0.05, 0) is 12.1 Å². The minimum atomic E-state index is -0.642. The van der Waals surface area contributed by atoms with Gasteiger partial charge in [0.05, 0.1) is 21.3 Å². The van der Waals surface area contributed by atoms with Crippen LogP contribution in [0.25, 0.3) is 10.9 Å². The maximum atomic E-state index is 11.1. The highest BCUT2D eigenvalue weighted by molar-refractivity contribution is 6.01. The molecule has 0 aliphatic carbocycles. The third-order valence-electron chi connectivity index (χ3n) is 2.66. The van der Waals surface area contributed by atoms with E-state index in [9.17, 15) is 20.2 Å². The number of hydrogen-bond donors (Lipinski definition) is 0. The molecule has 0 N–H and O–H groups in total. The summed E-state index contributed by atoms with van der Waals surface area (Å²) in [5, 5.41) is 22.4. The number of nitrogens with zero attached hydrogens (tertiary/aromatic N) is 4. The topological polar surface area (TPSA) is 102 Å². The van der Waals surface area contributed by atoms with Crippen LogP contribution in [0.15, 0.2) is 24.4 Å². The second-order valence-corrected chi connectivity index (χ2v) is 4.07. The highest BCUT2D eigenvalue weighted by Gasteiger charge is 2.27. The van der Waals surface area contributed by atoms with Gasteiger partial charge in [-0.2, -0.15) is 0 Å². The number of benzene rings is 1. The van der Waals surface area contributed by atoms with Crippen LogP contribution < -0.4 is 4.90 Å². The normalized spacial score (nSPS) is 10.4. The molecule has 1 aromatic carbocycles. The van der Waals surface area contributed by atoms with Crippen LogP contribution >= 0.6 is 0 Å². The van der Waals surface area contributed by atoms with Crippen LogP contribution in [0.4, 0.5) is 17.1 Å². The van der Waals surface area contributed by atoms with E-state index < -0.39 is 9.85 Å². The van der Waals surface area contributed by atoms with E-state index in [-0.39, 0.29) is 28.0 Å². The molecule has 98 valence electrons. The van der Waals surface area contributed by atoms with Crippen molar-refractivity contribution in [2.75, 3.05) is 19.0 Å². The molecule has 0 radical (unpaired) electrons. The Kier molecular flexibility index (Phi) is 2.99. The maximum Gasteiger partial charge on any atom is 0.301 e. The number of aromatic nitrogens is 1. The van der Waals surface area contributed by atoms with Crippen molar-refractivity contribution >= 4 is 28.0 Å². The Morgan fingerprint density at radius 2 is 1.79 bits per heavy atom. The van der Waals surface area contributed by atoms with Crippen molar-refractivity contribution in [1.82, 2.24) is 4.98 Å². The quantitative estimate of drug-likeness (QED) is 0.620. The lowest BCUT2D eigenvalue weighted by Gasteiger charge is -2.14. The number of pyridine rings is 1. The first-order valence-corrected chi connectivity index (χ1v) is 5.31. The summed E-state index contributed by atoms with van der Waals surface area (Å²) in [6, 6.07) is 4.05. The summed E-state index contributed by atoms with van der Waals surface area (Å²) in [6.07, 6.45) is 1.45. The van der Waals surface area contributed by atoms with E-state index in [2.05, 4.69) is 4.98 Å². The van der Waals surface area contributed by atoms with Gasteiger partial charge < -0.3 is 4.90 Å². The van der Waals surface area contributed by atoms with E-state index in [1.165, 1.54) is 17.2 Å². The molecule has 8 nitrogen and oxygen atoms in total. The van der Waals surface area contributed by atoms with Crippen LogP contribution in [-0.2, 0) is 0 Å². The minimum Gasteiger partial charge on any atom is -0.370 e. The van der Waals surface area contributed by atoms with Gasteiger partial charge in [0, 0.05) is 20.3 Å². The van der Waals surface area contributed by atoms with Crippen LogP contribution in [0, 0.1) is 20.2 Å². The molecule has 0 spiro atoms. The van der Waals surface area contributed by atoms with Crippen LogP contribution in [0.5, 0.6) is 0 Å². The summed E-state index contributed by atoms with van der Waals surface area (Å²) in [5.74, 6) is 0. The first kappa shape index (κ1) is 12.7. The Morgan fingerprint density at radius 1 is 1.16 bits per heavy atom. The van der Waals surface area contributed by atoms with Gasteiger partial charge >= 0.3 is 5.69 Å². The average molecular weight is 262 g/mol. The van der Waals surface area contributed by atoms with Crippen molar-refractivity contribution < 1.29 is 9.85 Å². The maximum absolute atomic E-state index is 11.1. The van der Waals surface area contributed by atoms with Gasteiger partial charge in [-0.15, -0.1) is 0 Å². The zero-order valence-corrected chi connectivity index (χ0v) is 10.2. The fraction of sp³-hybridized carbons (Fsp3) is 0.182. The first-order chi connectivity index (χ1) is 8.93. The van der Waals surface area contributed by atoms with Crippen molar-refractivity contribution in [1.29, 1.82) is 0 Å². The smallest absolute Gasteiger partial charge is 0.301 e. The summed E-state index contributed by atoms with van der Waals surface area (Å²) in [6.45, 7) is 0. The molecule has 2 aromatic rings. The lowest BCUT2D eigenvalue weighted by molar-refractivity contribution is -0.392. The fourth-order valence-electron chi connectivity index (χ4n) is 1.93. The first-order valence-electron chi connectivity index (χ1n) is 5.31. The Balaban J connectivity index is 2.98. The molecule has 0 aliphatic rings.